The number of likely N-dealkylation sites (tertiary alicyclic amines) is 1. The van der Waals surface area contributed by atoms with E-state index < -0.39 is 0 Å². The molecule has 0 aromatic carbocycles. The molecule has 1 rings (SSSR count). The number of rotatable bonds is 5. The van der Waals surface area contributed by atoms with Crippen LogP contribution in [0.3, 0.4) is 0 Å². The summed E-state index contributed by atoms with van der Waals surface area (Å²) < 4.78 is 0. The summed E-state index contributed by atoms with van der Waals surface area (Å²) in [5.41, 5.74) is 0.999. The molecule has 88 valence electrons. The van der Waals surface area contributed by atoms with E-state index >= 15 is 0 Å². The maximum absolute atomic E-state index is 8.86. The predicted octanol–water partition coefficient (Wildman–Crippen LogP) is 2.30. The number of thioether (sulfide) groups is 1. The summed E-state index contributed by atoms with van der Waals surface area (Å²) in [6.07, 6.45) is 5.44. The standard InChI is InChI=1S/C11H22N2OS/c1-3-10-9-13(6-4-8-15-2)7-5-11(10)12-14/h10,14H,3-9H2,1-2H3. The number of hydrogen-bond acceptors (Lipinski definition) is 4. The van der Waals surface area contributed by atoms with Gasteiger partial charge in [0.2, 0.25) is 0 Å². The third-order valence-electron chi connectivity index (χ3n) is 3.08. The number of nitrogens with zero attached hydrogens (tertiary/aromatic N) is 2. The Balaban J connectivity index is 2.32. The molecule has 0 bridgehead atoms. The van der Waals surface area contributed by atoms with E-state index in [1.807, 2.05) is 11.8 Å². The zero-order chi connectivity index (χ0) is 11.1. The van der Waals surface area contributed by atoms with Gasteiger partial charge in [0.1, 0.15) is 0 Å². The maximum Gasteiger partial charge on any atom is 0.0627 e. The Bertz CT molecular complexity index is 209. The van der Waals surface area contributed by atoms with E-state index in [0.29, 0.717) is 5.92 Å². The molecular formula is C11H22N2OS. The summed E-state index contributed by atoms with van der Waals surface area (Å²) in [7, 11) is 0. The third-order valence-corrected chi connectivity index (χ3v) is 3.77. The van der Waals surface area contributed by atoms with Crippen LogP contribution in [0.5, 0.6) is 0 Å². The number of oxime groups is 1. The van der Waals surface area contributed by atoms with Crippen molar-refractivity contribution in [1.82, 2.24) is 4.90 Å². The van der Waals surface area contributed by atoms with Crippen LogP contribution in [-0.4, -0.2) is 47.5 Å². The highest BCUT2D eigenvalue weighted by Crippen LogP contribution is 2.17. The second-order valence-corrected chi connectivity index (χ2v) is 5.08. The smallest absolute Gasteiger partial charge is 0.0627 e. The molecule has 3 nitrogen and oxygen atoms in total. The van der Waals surface area contributed by atoms with Gasteiger partial charge in [-0.3, -0.25) is 0 Å². The van der Waals surface area contributed by atoms with Gasteiger partial charge >= 0.3 is 0 Å². The molecule has 1 atom stereocenters. The average molecular weight is 230 g/mol. The Morgan fingerprint density at radius 3 is 3.00 bits per heavy atom. The first-order valence-electron chi connectivity index (χ1n) is 5.74. The van der Waals surface area contributed by atoms with Crippen molar-refractivity contribution in [3.63, 3.8) is 0 Å². The van der Waals surface area contributed by atoms with Gasteiger partial charge in [-0.2, -0.15) is 11.8 Å². The molecule has 1 N–H and O–H groups in total. The predicted molar refractivity (Wildman–Crippen MR) is 67.1 cm³/mol. The largest absolute Gasteiger partial charge is 0.411 e. The van der Waals surface area contributed by atoms with E-state index in [4.69, 9.17) is 5.21 Å². The van der Waals surface area contributed by atoms with Gasteiger partial charge in [-0.05, 0) is 31.4 Å². The highest BCUT2D eigenvalue weighted by atomic mass is 32.2. The number of hydrogen-bond donors (Lipinski definition) is 1. The van der Waals surface area contributed by atoms with E-state index in [1.165, 1.54) is 18.7 Å². The van der Waals surface area contributed by atoms with E-state index in [9.17, 15) is 0 Å². The van der Waals surface area contributed by atoms with Crippen molar-refractivity contribution in [1.29, 1.82) is 0 Å². The molecular weight excluding hydrogens is 208 g/mol. The zero-order valence-electron chi connectivity index (χ0n) is 9.78. The van der Waals surface area contributed by atoms with Gasteiger partial charge in [0.15, 0.2) is 0 Å². The molecule has 0 saturated carbocycles. The lowest BCUT2D eigenvalue weighted by Gasteiger charge is -2.32. The Morgan fingerprint density at radius 1 is 1.60 bits per heavy atom. The van der Waals surface area contributed by atoms with E-state index in [-0.39, 0.29) is 0 Å². The van der Waals surface area contributed by atoms with Crippen LogP contribution in [0.4, 0.5) is 0 Å². The van der Waals surface area contributed by atoms with Gasteiger partial charge in [-0.15, -0.1) is 0 Å². The van der Waals surface area contributed by atoms with Gasteiger partial charge in [-0.25, -0.2) is 0 Å². The molecule has 0 spiro atoms. The van der Waals surface area contributed by atoms with E-state index in [1.54, 1.807) is 0 Å². The molecule has 0 aromatic rings. The van der Waals surface area contributed by atoms with Crippen molar-refractivity contribution < 1.29 is 5.21 Å². The number of piperidine rings is 1. The van der Waals surface area contributed by atoms with Gasteiger partial charge in [0, 0.05) is 25.4 Å². The molecule has 0 radical (unpaired) electrons. The minimum atomic E-state index is 0.470. The highest BCUT2D eigenvalue weighted by Gasteiger charge is 2.23. The SMILES string of the molecule is CCC1CN(CCCSC)CCC1=NO. The minimum absolute atomic E-state index is 0.470. The maximum atomic E-state index is 8.86. The molecule has 1 fully saturated rings. The van der Waals surface area contributed by atoms with Gasteiger partial charge in [0.05, 0.1) is 5.71 Å². The van der Waals surface area contributed by atoms with Crippen LogP contribution in [0.1, 0.15) is 26.2 Å². The first kappa shape index (κ1) is 12.8. The van der Waals surface area contributed by atoms with Crippen LogP contribution in [-0.2, 0) is 0 Å². The summed E-state index contributed by atoms with van der Waals surface area (Å²) in [5.74, 6) is 1.71. The molecule has 0 aliphatic carbocycles. The molecule has 1 unspecified atom stereocenters. The van der Waals surface area contributed by atoms with E-state index in [0.717, 1.165) is 31.6 Å². The molecule has 0 aromatic heterocycles. The van der Waals surface area contributed by atoms with Crippen molar-refractivity contribution in [3.05, 3.63) is 0 Å². The second-order valence-electron chi connectivity index (χ2n) is 4.09. The van der Waals surface area contributed by atoms with Crippen molar-refractivity contribution in [2.45, 2.75) is 26.2 Å². The normalized spacial score (nSPS) is 26.0. The molecule has 1 saturated heterocycles. The fourth-order valence-electron chi connectivity index (χ4n) is 2.12. The van der Waals surface area contributed by atoms with Crippen LogP contribution in [0.15, 0.2) is 5.16 Å². The first-order chi connectivity index (χ1) is 7.31. The monoisotopic (exact) mass is 230 g/mol. The van der Waals surface area contributed by atoms with Crippen molar-refractivity contribution >= 4 is 17.5 Å². The Morgan fingerprint density at radius 2 is 2.40 bits per heavy atom. The molecule has 1 heterocycles. The molecule has 1 aliphatic rings. The molecule has 4 heteroatoms. The van der Waals surface area contributed by atoms with Crippen LogP contribution in [0.2, 0.25) is 0 Å². The fraction of sp³-hybridized carbons (Fsp3) is 0.909. The topological polar surface area (TPSA) is 35.8 Å². The first-order valence-corrected chi connectivity index (χ1v) is 7.13. The van der Waals surface area contributed by atoms with Crippen LogP contribution in [0, 0.1) is 5.92 Å². The summed E-state index contributed by atoms with van der Waals surface area (Å²) in [6, 6.07) is 0. The molecule has 1 aliphatic heterocycles. The van der Waals surface area contributed by atoms with Gasteiger partial charge in [-0.1, -0.05) is 12.1 Å². The highest BCUT2D eigenvalue weighted by molar-refractivity contribution is 7.98. The minimum Gasteiger partial charge on any atom is -0.411 e. The second kappa shape index (κ2) is 7.12. The Labute approximate surface area is 96.9 Å². The lowest BCUT2D eigenvalue weighted by Crippen LogP contribution is -2.41. The summed E-state index contributed by atoms with van der Waals surface area (Å²) >= 11 is 1.91. The van der Waals surface area contributed by atoms with Crippen LogP contribution >= 0.6 is 11.8 Å². The average Bonchev–Trinajstić information content (AvgIpc) is 2.29. The third kappa shape index (κ3) is 4.03. The van der Waals surface area contributed by atoms with Crippen molar-refractivity contribution in [2.75, 3.05) is 31.6 Å². The Hall–Kier alpha value is -0.220. The summed E-state index contributed by atoms with van der Waals surface area (Å²) in [4.78, 5) is 2.50. The van der Waals surface area contributed by atoms with Crippen LogP contribution in [0.25, 0.3) is 0 Å². The zero-order valence-corrected chi connectivity index (χ0v) is 10.6. The van der Waals surface area contributed by atoms with Crippen molar-refractivity contribution in [3.8, 4) is 0 Å². The lowest BCUT2D eigenvalue weighted by molar-refractivity contribution is 0.228. The lowest BCUT2D eigenvalue weighted by atomic mass is 9.93. The van der Waals surface area contributed by atoms with Crippen LogP contribution < -0.4 is 0 Å². The van der Waals surface area contributed by atoms with E-state index in [2.05, 4.69) is 23.2 Å². The quantitative estimate of drug-likeness (QED) is 0.447. The molecule has 0 amide bonds. The summed E-state index contributed by atoms with van der Waals surface area (Å²) in [6.45, 7) is 5.49. The summed E-state index contributed by atoms with van der Waals surface area (Å²) in [5, 5.41) is 12.3. The van der Waals surface area contributed by atoms with Crippen molar-refractivity contribution in [2.24, 2.45) is 11.1 Å². The van der Waals surface area contributed by atoms with Gasteiger partial charge in [0.25, 0.3) is 0 Å². The molecule has 15 heavy (non-hydrogen) atoms. The fourth-order valence-corrected chi connectivity index (χ4v) is 2.53. The van der Waals surface area contributed by atoms with Gasteiger partial charge < -0.3 is 10.1 Å². The Kier molecular flexibility index (Phi) is 6.10.